The van der Waals surface area contributed by atoms with Gasteiger partial charge in [-0.1, -0.05) is 24.3 Å². The third-order valence-corrected chi connectivity index (χ3v) is 5.13. The second-order valence-electron chi connectivity index (χ2n) is 4.33. The Bertz CT molecular complexity index is 773. The van der Waals surface area contributed by atoms with E-state index in [2.05, 4.69) is 3.97 Å². The fourth-order valence-electron chi connectivity index (χ4n) is 2.01. The maximum Gasteiger partial charge on any atom is 0.331 e. The molecule has 2 rings (SSSR count). The highest BCUT2D eigenvalue weighted by atomic mass is 32.2. The Balaban J connectivity index is 2.74. The first kappa shape index (κ1) is 15.0. The molecule has 108 valence electrons. The summed E-state index contributed by atoms with van der Waals surface area (Å²) in [5.41, 5.74) is 0.844. The van der Waals surface area contributed by atoms with Gasteiger partial charge < -0.3 is 9.79 Å². The summed E-state index contributed by atoms with van der Waals surface area (Å²) in [6.07, 6.45) is 0. The van der Waals surface area contributed by atoms with Crippen LogP contribution in [0, 0.1) is 0 Å². The molecule has 20 heavy (non-hydrogen) atoms. The summed E-state index contributed by atoms with van der Waals surface area (Å²) in [7, 11) is -4.15. The first-order valence-corrected chi connectivity index (χ1v) is 8.36. The van der Waals surface area contributed by atoms with Crippen LogP contribution in [0.4, 0.5) is 5.69 Å². The predicted molar refractivity (Wildman–Crippen MR) is 77.8 cm³/mol. The predicted octanol–water partition coefficient (Wildman–Crippen LogP) is 1.99. The van der Waals surface area contributed by atoms with E-state index >= 15 is 0 Å². The third kappa shape index (κ3) is 2.86. The Morgan fingerprint density at radius 2 is 1.70 bits per heavy atom. The zero-order chi connectivity index (χ0) is 14.9. The Hall–Kier alpha value is -1.40. The monoisotopic (exact) mass is 315 g/mol. The van der Waals surface area contributed by atoms with Gasteiger partial charge in [-0.2, -0.15) is 12.4 Å². The molecule has 1 atom stereocenters. The number of hydrogen-bond acceptors (Lipinski definition) is 5. The topological polar surface area (TPSA) is 83.9 Å². The van der Waals surface area contributed by atoms with Crippen molar-refractivity contribution < 1.29 is 21.8 Å². The van der Waals surface area contributed by atoms with Crippen molar-refractivity contribution in [2.75, 3.05) is 19.0 Å². The highest BCUT2D eigenvalue weighted by molar-refractivity contribution is 7.89. The van der Waals surface area contributed by atoms with Crippen LogP contribution in [-0.4, -0.2) is 27.4 Å². The van der Waals surface area contributed by atoms with Gasteiger partial charge in [-0.15, -0.1) is 0 Å². The van der Waals surface area contributed by atoms with Crippen molar-refractivity contribution in [3.05, 3.63) is 36.4 Å². The molecule has 0 aliphatic carbocycles. The summed E-state index contributed by atoms with van der Waals surface area (Å²) in [4.78, 5) is 10.4. The minimum absolute atomic E-state index is 0.119. The lowest BCUT2D eigenvalue weighted by molar-refractivity contribution is 0.405. The molecule has 0 spiro atoms. The Labute approximate surface area is 117 Å². The first-order valence-electron chi connectivity index (χ1n) is 5.69. The van der Waals surface area contributed by atoms with Crippen LogP contribution >= 0.6 is 8.25 Å². The molecule has 2 aromatic carbocycles. The first-order chi connectivity index (χ1) is 9.33. The Morgan fingerprint density at radius 3 is 2.30 bits per heavy atom. The molecule has 0 aromatic heterocycles. The van der Waals surface area contributed by atoms with Crippen molar-refractivity contribution in [1.82, 2.24) is 0 Å². The molecule has 6 nitrogen and oxygen atoms in total. The van der Waals surface area contributed by atoms with Crippen LogP contribution in [0.5, 0.6) is 0 Å². The molecule has 1 unspecified atom stereocenters. The lowest BCUT2D eigenvalue weighted by Gasteiger charge is -2.16. The van der Waals surface area contributed by atoms with Crippen LogP contribution in [0.1, 0.15) is 0 Å². The number of hydrogen-bond donors (Lipinski definition) is 1. The maximum atomic E-state index is 12.0. The van der Waals surface area contributed by atoms with E-state index in [1.807, 2.05) is 25.1 Å². The average molecular weight is 315 g/mol. The fraction of sp³-hybridized carbons (Fsp3) is 0.167. The van der Waals surface area contributed by atoms with Crippen molar-refractivity contribution in [3.63, 3.8) is 0 Å². The van der Waals surface area contributed by atoms with Gasteiger partial charge in [0, 0.05) is 30.6 Å². The molecule has 0 saturated carbocycles. The van der Waals surface area contributed by atoms with Crippen LogP contribution in [-0.2, 0) is 18.7 Å². The van der Waals surface area contributed by atoms with E-state index in [1.54, 1.807) is 24.3 Å². The van der Waals surface area contributed by atoms with Crippen molar-refractivity contribution in [3.8, 4) is 0 Å². The van der Waals surface area contributed by atoms with Gasteiger partial charge >= 0.3 is 18.4 Å². The standard InChI is InChI=1S/C12H14NO5PS/c1-13(2)11-7-3-6-10-9(11)5-4-8-12(10)20(16,17)18-19(14)15/h3-8,19H,1-2H3,(H,14,15). The highest BCUT2D eigenvalue weighted by Crippen LogP contribution is 2.33. The van der Waals surface area contributed by atoms with Crippen LogP contribution in [0.3, 0.4) is 0 Å². The zero-order valence-electron chi connectivity index (χ0n) is 10.9. The SMILES string of the molecule is CN(C)c1cccc2c(S(=O)(=O)O[PH](=O)O)cccc12. The summed E-state index contributed by atoms with van der Waals surface area (Å²) in [5, 5.41) is 1.17. The van der Waals surface area contributed by atoms with Crippen molar-refractivity contribution in [2.24, 2.45) is 0 Å². The summed E-state index contributed by atoms with van der Waals surface area (Å²) >= 11 is 0. The lowest BCUT2D eigenvalue weighted by Crippen LogP contribution is -2.09. The molecule has 0 heterocycles. The molecule has 0 bridgehead atoms. The molecule has 0 aliphatic heterocycles. The van der Waals surface area contributed by atoms with E-state index in [0.717, 1.165) is 11.1 Å². The van der Waals surface area contributed by atoms with E-state index < -0.39 is 18.4 Å². The number of rotatable bonds is 4. The summed E-state index contributed by atoms with van der Waals surface area (Å²) in [6.45, 7) is 0. The van der Waals surface area contributed by atoms with Gasteiger partial charge in [0.25, 0.3) is 0 Å². The van der Waals surface area contributed by atoms with E-state index in [0.29, 0.717) is 5.39 Å². The largest absolute Gasteiger partial charge is 0.377 e. The number of anilines is 1. The van der Waals surface area contributed by atoms with Crippen molar-refractivity contribution in [1.29, 1.82) is 0 Å². The van der Waals surface area contributed by atoms with E-state index in [9.17, 15) is 13.0 Å². The molecular weight excluding hydrogens is 301 g/mol. The molecule has 0 amide bonds. The second-order valence-corrected chi connectivity index (χ2v) is 6.87. The third-order valence-electron chi connectivity index (χ3n) is 2.79. The second kappa shape index (κ2) is 5.54. The molecule has 8 heteroatoms. The van der Waals surface area contributed by atoms with Crippen LogP contribution < -0.4 is 4.90 Å². The zero-order valence-corrected chi connectivity index (χ0v) is 12.7. The summed E-state index contributed by atoms with van der Waals surface area (Å²) in [6, 6.07) is 9.91. The molecular formula is C12H14NO5PS. The molecule has 0 saturated heterocycles. The van der Waals surface area contributed by atoms with Crippen LogP contribution in [0.15, 0.2) is 41.3 Å². The normalized spacial score (nSPS) is 13.3. The Morgan fingerprint density at radius 1 is 1.10 bits per heavy atom. The minimum atomic E-state index is -4.26. The van der Waals surface area contributed by atoms with Crippen molar-refractivity contribution in [2.45, 2.75) is 4.90 Å². The number of fused-ring (bicyclic) bond motifs is 1. The van der Waals surface area contributed by atoms with Gasteiger partial charge in [0.2, 0.25) is 0 Å². The average Bonchev–Trinajstić information content (AvgIpc) is 2.35. The van der Waals surface area contributed by atoms with Gasteiger partial charge in [0.1, 0.15) is 4.90 Å². The minimum Gasteiger partial charge on any atom is -0.377 e. The molecule has 0 radical (unpaired) electrons. The molecule has 1 N–H and O–H groups in total. The van der Waals surface area contributed by atoms with E-state index in [1.165, 1.54) is 6.07 Å². The summed E-state index contributed by atoms with van der Waals surface area (Å²) < 4.78 is 38.8. The molecule has 0 fully saturated rings. The highest BCUT2D eigenvalue weighted by Gasteiger charge is 2.21. The number of nitrogens with zero attached hydrogens (tertiary/aromatic N) is 1. The fourth-order valence-corrected chi connectivity index (χ4v) is 3.81. The van der Waals surface area contributed by atoms with Gasteiger partial charge in [-0.25, -0.2) is 0 Å². The van der Waals surface area contributed by atoms with Gasteiger partial charge in [-0.05, 0) is 12.1 Å². The number of benzene rings is 2. The van der Waals surface area contributed by atoms with Gasteiger partial charge in [-0.3, -0.25) is 4.57 Å². The van der Waals surface area contributed by atoms with Crippen molar-refractivity contribution >= 4 is 34.8 Å². The molecule has 2 aromatic rings. The molecule has 0 aliphatic rings. The van der Waals surface area contributed by atoms with Crippen LogP contribution in [0.25, 0.3) is 10.8 Å². The van der Waals surface area contributed by atoms with Crippen LogP contribution in [0.2, 0.25) is 0 Å². The van der Waals surface area contributed by atoms with Gasteiger partial charge in [0.05, 0.1) is 0 Å². The maximum absolute atomic E-state index is 12.0. The summed E-state index contributed by atoms with van der Waals surface area (Å²) in [5.74, 6) is 0. The lowest BCUT2D eigenvalue weighted by atomic mass is 10.1. The Kier molecular flexibility index (Phi) is 4.15. The van der Waals surface area contributed by atoms with E-state index in [-0.39, 0.29) is 4.90 Å². The smallest absolute Gasteiger partial charge is 0.331 e. The quantitative estimate of drug-likeness (QED) is 0.869. The van der Waals surface area contributed by atoms with E-state index in [4.69, 9.17) is 4.89 Å². The van der Waals surface area contributed by atoms with Gasteiger partial charge in [0.15, 0.2) is 0 Å².